The molecule has 0 aromatic carbocycles. The molecule has 1 N–H and O–H groups in total. The summed E-state index contributed by atoms with van der Waals surface area (Å²) < 4.78 is 5.30. The number of hydrogen-bond acceptors (Lipinski definition) is 3. The van der Waals surface area contributed by atoms with Gasteiger partial charge in [0.2, 0.25) is 0 Å². The smallest absolute Gasteiger partial charge is 0.251 e. The van der Waals surface area contributed by atoms with Crippen LogP contribution in [-0.4, -0.2) is 30.6 Å². The standard InChI is InChI=1S/C15H21ClN2O2/c1-15(2,3)12-6-11(7-13(16)18-12)14(19)17-8-10-4-5-20-9-10/h6-7,10H,4-5,8-9H2,1-3H3,(H,17,19). The van der Waals surface area contributed by atoms with E-state index in [4.69, 9.17) is 16.3 Å². The number of ether oxygens (including phenoxy) is 1. The molecule has 1 unspecified atom stereocenters. The summed E-state index contributed by atoms with van der Waals surface area (Å²) in [4.78, 5) is 16.5. The van der Waals surface area contributed by atoms with Crippen LogP contribution in [0.25, 0.3) is 0 Å². The zero-order chi connectivity index (χ0) is 14.8. The highest BCUT2D eigenvalue weighted by Crippen LogP contribution is 2.23. The van der Waals surface area contributed by atoms with Gasteiger partial charge in [-0.2, -0.15) is 0 Å². The van der Waals surface area contributed by atoms with E-state index in [1.165, 1.54) is 0 Å². The lowest BCUT2D eigenvalue weighted by Gasteiger charge is -2.19. The van der Waals surface area contributed by atoms with Crippen molar-refractivity contribution in [1.29, 1.82) is 0 Å². The third-order valence-electron chi connectivity index (χ3n) is 3.40. The van der Waals surface area contributed by atoms with Crippen LogP contribution in [0, 0.1) is 5.92 Å². The molecule has 1 saturated heterocycles. The van der Waals surface area contributed by atoms with E-state index in [1.807, 2.05) is 26.8 Å². The first-order valence-electron chi connectivity index (χ1n) is 6.90. The number of nitrogens with zero attached hydrogens (tertiary/aromatic N) is 1. The van der Waals surface area contributed by atoms with Gasteiger partial charge in [-0.25, -0.2) is 4.98 Å². The molecule has 0 radical (unpaired) electrons. The first-order chi connectivity index (χ1) is 9.36. The second kappa shape index (κ2) is 6.10. The van der Waals surface area contributed by atoms with E-state index in [9.17, 15) is 4.79 Å². The van der Waals surface area contributed by atoms with Crippen LogP contribution in [-0.2, 0) is 10.2 Å². The lowest BCUT2D eigenvalue weighted by molar-refractivity contribution is 0.0944. The first-order valence-corrected chi connectivity index (χ1v) is 7.28. The van der Waals surface area contributed by atoms with E-state index in [0.29, 0.717) is 23.2 Å². The molecule has 0 spiro atoms. The topological polar surface area (TPSA) is 51.2 Å². The summed E-state index contributed by atoms with van der Waals surface area (Å²) in [5.41, 5.74) is 1.24. The Morgan fingerprint density at radius 2 is 2.25 bits per heavy atom. The van der Waals surface area contributed by atoms with Gasteiger partial charge < -0.3 is 10.1 Å². The summed E-state index contributed by atoms with van der Waals surface area (Å²) in [5.74, 6) is 0.310. The van der Waals surface area contributed by atoms with Gasteiger partial charge in [0.1, 0.15) is 5.15 Å². The van der Waals surface area contributed by atoms with E-state index in [2.05, 4.69) is 10.3 Å². The summed E-state index contributed by atoms with van der Waals surface area (Å²) in [6, 6.07) is 3.42. The number of hydrogen-bond donors (Lipinski definition) is 1. The van der Waals surface area contributed by atoms with Crippen LogP contribution in [0.2, 0.25) is 5.15 Å². The average molecular weight is 297 g/mol. The molecular weight excluding hydrogens is 276 g/mol. The zero-order valence-corrected chi connectivity index (χ0v) is 13.0. The molecule has 1 aliphatic rings. The maximum absolute atomic E-state index is 12.2. The molecule has 0 saturated carbocycles. The number of carbonyl (C=O) groups is 1. The molecule has 5 heteroatoms. The Morgan fingerprint density at radius 3 is 2.85 bits per heavy atom. The highest BCUT2D eigenvalue weighted by Gasteiger charge is 2.20. The van der Waals surface area contributed by atoms with Crippen molar-refractivity contribution in [2.45, 2.75) is 32.6 Å². The number of aromatic nitrogens is 1. The summed E-state index contributed by atoms with van der Waals surface area (Å²) in [5, 5.41) is 3.29. The van der Waals surface area contributed by atoms with Gasteiger partial charge in [-0.05, 0) is 18.6 Å². The van der Waals surface area contributed by atoms with Crippen LogP contribution in [0.1, 0.15) is 43.2 Å². The summed E-state index contributed by atoms with van der Waals surface area (Å²) >= 11 is 6.02. The van der Waals surface area contributed by atoms with Crippen molar-refractivity contribution in [3.05, 3.63) is 28.5 Å². The van der Waals surface area contributed by atoms with Gasteiger partial charge >= 0.3 is 0 Å². The van der Waals surface area contributed by atoms with Gasteiger partial charge in [0, 0.05) is 35.7 Å². The molecule has 1 amide bonds. The minimum atomic E-state index is -0.140. The molecule has 1 aliphatic heterocycles. The predicted octanol–water partition coefficient (Wildman–Crippen LogP) is 2.80. The molecule has 1 fully saturated rings. The van der Waals surface area contributed by atoms with Gasteiger partial charge in [-0.1, -0.05) is 32.4 Å². The number of pyridine rings is 1. The van der Waals surface area contributed by atoms with Gasteiger partial charge in [0.05, 0.1) is 6.61 Å². The van der Waals surface area contributed by atoms with Gasteiger partial charge in [-0.15, -0.1) is 0 Å². The quantitative estimate of drug-likeness (QED) is 0.873. The average Bonchev–Trinajstić information content (AvgIpc) is 2.87. The van der Waals surface area contributed by atoms with E-state index in [-0.39, 0.29) is 11.3 Å². The van der Waals surface area contributed by atoms with Gasteiger partial charge in [0.15, 0.2) is 0 Å². The van der Waals surface area contributed by atoms with Crippen molar-refractivity contribution in [1.82, 2.24) is 10.3 Å². The maximum atomic E-state index is 12.2. The number of amides is 1. The van der Waals surface area contributed by atoms with Crippen molar-refractivity contribution in [2.75, 3.05) is 19.8 Å². The monoisotopic (exact) mass is 296 g/mol. The highest BCUT2D eigenvalue weighted by atomic mass is 35.5. The van der Waals surface area contributed by atoms with Crippen molar-refractivity contribution in [3.8, 4) is 0 Å². The van der Waals surface area contributed by atoms with Crippen LogP contribution in [0.5, 0.6) is 0 Å². The molecule has 110 valence electrons. The number of carbonyl (C=O) groups excluding carboxylic acids is 1. The lowest BCUT2D eigenvalue weighted by Crippen LogP contribution is -2.30. The molecule has 2 rings (SSSR count). The second-order valence-electron chi connectivity index (χ2n) is 6.25. The fourth-order valence-corrected chi connectivity index (χ4v) is 2.30. The zero-order valence-electron chi connectivity index (χ0n) is 12.2. The summed E-state index contributed by atoms with van der Waals surface area (Å²) in [6.07, 6.45) is 1.00. The van der Waals surface area contributed by atoms with Crippen molar-refractivity contribution >= 4 is 17.5 Å². The van der Waals surface area contributed by atoms with Crippen molar-refractivity contribution < 1.29 is 9.53 Å². The molecule has 2 heterocycles. The van der Waals surface area contributed by atoms with Crippen LogP contribution >= 0.6 is 11.6 Å². The van der Waals surface area contributed by atoms with Gasteiger partial charge in [0.25, 0.3) is 5.91 Å². The van der Waals surface area contributed by atoms with Crippen LogP contribution in [0.4, 0.5) is 0 Å². The van der Waals surface area contributed by atoms with E-state index < -0.39 is 0 Å². The Morgan fingerprint density at radius 1 is 1.50 bits per heavy atom. The fraction of sp³-hybridized carbons (Fsp3) is 0.600. The minimum absolute atomic E-state index is 0.105. The lowest BCUT2D eigenvalue weighted by atomic mass is 9.91. The number of halogens is 1. The molecule has 0 bridgehead atoms. The molecule has 1 aromatic heterocycles. The third kappa shape index (κ3) is 3.93. The summed E-state index contributed by atoms with van der Waals surface area (Å²) in [6.45, 7) is 8.29. The molecule has 4 nitrogen and oxygen atoms in total. The second-order valence-corrected chi connectivity index (χ2v) is 6.64. The number of rotatable bonds is 3. The molecule has 0 aliphatic carbocycles. The molecule has 20 heavy (non-hydrogen) atoms. The third-order valence-corrected chi connectivity index (χ3v) is 3.59. The van der Waals surface area contributed by atoms with Crippen molar-refractivity contribution in [2.24, 2.45) is 5.92 Å². The Kier molecular flexibility index (Phi) is 4.66. The fourth-order valence-electron chi connectivity index (χ4n) is 2.10. The highest BCUT2D eigenvalue weighted by molar-refractivity contribution is 6.29. The minimum Gasteiger partial charge on any atom is -0.381 e. The van der Waals surface area contributed by atoms with Crippen LogP contribution in [0.15, 0.2) is 12.1 Å². The molecule has 1 atom stereocenters. The van der Waals surface area contributed by atoms with Crippen molar-refractivity contribution in [3.63, 3.8) is 0 Å². The predicted molar refractivity (Wildman–Crippen MR) is 79.2 cm³/mol. The SMILES string of the molecule is CC(C)(C)c1cc(C(=O)NCC2CCOC2)cc(Cl)n1. The van der Waals surface area contributed by atoms with Crippen LogP contribution < -0.4 is 5.32 Å². The molecule has 1 aromatic rings. The first kappa shape index (κ1) is 15.3. The van der Waals surface area contributed by atoms with E-state index in [1.54, 1.807) is 6.07 Å². The maximum Gasteiger partial charge on any atom is 0.251 e. The Hall–Kier alpha value is -1.13. The Balaban J connectivity index is 2.07. The normalized spacial score (nSPS) is 19.1. The Bertz CT molecular complexity index is 491. The number of nitrogens with one attached hydrogen (secondary N) is 1. The Labute approximate surface area is 124 Å². The largest absolute Gasteiger partial charge is 0.381 e. The summed E-state index contributed by atoms with van der Waals surface area (Å²) in [7, 11) is 0. The molecular formula is C15H21ClN2O2. The van der Waals surface area contributed by atoms with E-state index >= 15 is 0 Å². The van der Waals surface area contributed by atoms with E-state index in [0.717, 1.165) is 25.3 Å². The van der Waals surface area contributed by atoms with Gasteiger partial charge in [-0.3, -0.25) is 4.79 Å². The van der Waals surface area contributed by atoms with Crippen LogP contribution in [0.3, 0.4) is 0 Å².